The molecule has 2 rings (SSSR count). The average Bonchev–Trinajstić information content (AvgIpc) is 3.31. The fourth-order valence-electron chi connectivity index (χ4n) is 2.57. The van der Waals surface area contributed by atoms with Gasteiger partial charge in [0.15, 0.2) is 6.29 Å². The molecule has 0 bridgehead atoms. The van der Waals surface area contributed by atoms with Crippen molar-refractivity contribution in [3.05, 3.63) is 42.8 Å². The summed E-state index contributed by atoms with van der Waals surface area (Å²) in [4.78, 5) is 46.1. The lowest BCUT2D eigenvalue weighted by atomic mass is 9.87. The number of ether oxygens (including phenoxy) is 2. The van der Waals surface area contributed by atoms with Gasteiger partial charge in [0.05, 0.1) is 19.1 Å². The third kappa shape index (κ3) is 6.73. The molecule has 0 saturated heterocycles. The summed E-state index contributed by atoms with van der Waals surface area (Å²) >= 11 is 2.13. The standard InChI is InChI=1S/C11H14O4S.C11H14O3S/c1-11(2,3)6-5-7(9(12)13)16-8(6)10(14)15-4;1-11(2,3)8-5-7(6-12)15-9(8)10(13)14-4/h5H,1-4H3,(H,12,13);5-6H,1-4H3. The van der Waals surface area contributed by atoms with Crippen molar-refractivity contribution in [2.75, 3.05) is 14.2 Å². The van der Waals surface area contributed by atoms with E-state index in [1.165, 1.54) is 25.6 Å². The molecule has 0 fully saturated rings. The van der Waals surface area contributed by atoms with Gasteiger partial charge in [0.2, 0.25) is 0 Å². The van der Waals surface area contributed by atoms with Crippen molar-refractivity contribution in [3.8, 4) is 0 Å². The van der Waals surface area contributed by atoms with Gasteiger partial charge in [-0.15, -0.1) is 22.7 Å². The summed E-state index contributed by atoms with van der Waals surface area (Å²) in [6.07, 6.45) is 0.756. The number of rotatable bonds is 4. The fraction of sp³-hybridized carbons (Fsp3) is 0.455. The van der Waals surface area contributed by atoms with Gasteiger partial charge in [-0.3, -0.25) is 4.79 Å². The summed E-state index contributed by atoms with van der Waals surface area (Å²) in [6, 6.07) is 3.29. The van der Waals surface area contributed by atoms with E-state index in [1.807, 2.05) is 41.5 Å². The minimum Gasteiger partial charge on any atom is -0.477 e. The van der Waals surface area contributed by atoms with Crippen LogP contribution in [0.5, 0.6) is 0 Å². The van der Waals surface area contributed by atoms with Crippen molar-refractivity contribution in [2.45, 2.75) is 52.4 Å². The molecule has 0 aliphatic rings. The highest BCUT2D eigenvalue weighted by atomic mass is 32.1. The van der Waals surface area contributed by atoms with Crippen molar-refractivity contribution in [1.29, 1.82) is 0 Å². The molecule has 9 heteroatoms. The predicted octanol–water partition coefficient (Wildman–Crippen LogP) is 5.18. The van der Waals surface area contributed by atoms with E-state index in [0.29, 0.717) is 20.2 Å². The van der Waals surface area contributed by atoms with E-state index >= 15 is 0 Å². The molecular formula is C22H28O7S2. The molecule has 0 radical (unpaired) electrons. The maximum Gasteiger partial charge on any atom is 0.348 e. The van der Waals surface area contributed by atoms with Crippen molar-refractivity contribution in [3.63, 3.8) is 0 Å². The van der Waals surface area contributed by atoms with Crippen LogP contribution in [-0.2, 0) is 20.3 Å². The van der Waals surface area contributed by atoms with Gasteiger partial charge in [0.1, 0.15) is 14.6 Å². The molecule has 170 valence electrons. The van der Waals surface area contributed by atoms with Gasteiger partial charge in [-0.2, -0.15) is 0 Å². The minimum absolute atomic E-state index is 0.158. The second kappa shape index (κ2) is 10.2. The Morgan fingerprint density at radius 1 is 0.839 bits per heavy atom. The van der Waals surface area contributed by atoms with Gasteiger partial charge >= 0.3 is 17.9 Å². The summed E-state index contributed by atoms with van der Waals surface area (Å²) in [5, 5.41) is 8.90. The highest BCUT2D eigenvalue weighted by molar-refractivity contribution is 7.16. The number of methoxy groups -OCH3 is 2. The van der Waals surface area contributed by atoms with Crippen molar-refractivity contribution >= 4 is 46.9 Å². The Bertz CT molecular complexity index is 969. The minimum atomic E-state index is -1.02. The number of aromatic carboxylic acids is 1. The van der Waals surface area contributed by atoms with Gasteiger partial charge in [0.25, 0.3) is 0 Å². The van der Waals surface area contributed by atoms with Gasteiger partial charge in [-0.25, -0.2) is 14.4 Å². The molecule has 0 spiro atoms. The van der Waals surface area contributed by atoms with Crippen LogP contribution in [0.4, 0.5) is 0 Å². The van der Waals surface area contributed by atoms with E-state index in [1.54, 1.807) is 12.1 Å². The van der Waals surface area contributed by atoms with Gasteiger partial charge in [-0.05, 0) is 34.1 Å². The van der Waals surface area contributed by atoms with E-state index in [9.17, 15) is 19.2 Å². The maximum absolute atomic E-state index is 11.5. The highest BCUT2D eigenvalue weighted by Crippen LogP contribution is 2.33. The zero-order valence-electron chi connectivity index (χ0n) is 18.9. The Morgan fingerprint density at radius 3 is 1.61 bits per heavy atom. The first-order valence-corrected chi connectivity index (χ1v) is 10.9. The van der Waals surface area contributed by atoms with Gasteiger partial charge < -0.3 is 14.6 Å². The quantitative estimate of drug-likeness (QED) is 0.487. The van der Waals surface area contributed by atoms with Crippen molar-refractivity contribution in [1.82, 2.24) is 0 Å². The van der Waals surface area contributed by atoms with E-state index < -0.39 is 11.9 Å². The smallest absolute Gasteiger partial charge is 0.348 e. The molecule has 2 heterocycles. The zero-order valence-corrected chi connectivity index (χ0v) is 20.6. The van der Waals surface area contributed by atoms with Crippen LogP contribution >= 0.6 is 22.7 Å². The van der Waals surface area contributed by atoms with Crippen LogP contribution in [0.3, 0.4) is 0 Å². The lowest BCUT2D eigenvalue weighted by Gasteiger charge is -2.18. The molecule has 1 N–H and O–H groups in total. The summed E-state index contributed by atoms with van der Waals surface area (Å²) in [7, 11) is 2.63. The summed E-state index contributed by atoms with van der Waals surface area (Å²) < 4.78 is 9.33. The van der Waals surface area contributed by atoms with Gasteiger partial charge in [-0.1, -0.05) is 41.5 Å². The first-order valence-electron chi connectivity index (χ1n) is 9.31. The molecule has 31 heavy (non-hydrogen) atoms. The van der Waals surface area contributed by atoms with Crippen LogP contribution in [0.1, 0.15) is 91.4 Å². The number of carboxylic acids is 1. The largest absolute Gasteiger partial charge is 0.477 e. The SMILES string of the molecule is COC(=O)c1sc(C(=O)O)cc1C(C)(C)C.COC(=O)c1sc(C=O)cc1C(C)(C)C. The van der Waals surface area contributed by atoms with Gasteiger partial charge in [0, 0.05) is 0 Å². The second-order valence-electron chi connectivity index (χ2n) is 8.65. The lowest BCUT2D eigenvalue weighted by molar-refractivity contribution is 0.0595. The number of thiophene rings is 2. The molecule has 2 aromatic rings. The first-order chi connectivity index (χ1) is 14.2. The van der Waals surface area contributed by atoms with E-state index in [4.69, 9.17) is 5.11 Å². The molecule has 0 unspecified atom stereocenters. The number of aldehydes is 1. The van der Waals surface area contributed by atoms with Crippen LogP contribution in [0.25, 0.3) is 0 Å². The van der Waals surface area contributed by atoms with E-state index in [2.05, 4.69) is 9.47 Å². The van der Waals surface area contributed by atoms with Crippen LogP contribution in [0, 0.1) is 0 Å². The molecular weight excluding hydrogens is 440 g/mol. The maximum atomic E-state index is 11.5. The molecule has 0 amide bonds. The third-order valence-electron chi connectivity index (χ3n) is 4.17. The van der Waals surface area contributed by atoms with E-state index in [0.717, 1.165) is 23.2 Å². The first kappa shape index (κ1) is 26.5. The third-order valence-corrected chi connectivity index (χ3v) is 6.31. The normalized spacial score (nSPS) is 11.2. The Balaban J connectivity index is 0.000000311. The lowest BCUT2D eigenvalue weighted by Crippen LogP contribution is -2.15. The van der Waals surface area contributed by atoms with Crippen LogP contribution in [0.15, 0.2) is 12.1 Å². The summed E-state index contributed by atoms with van der Waals surface area (Å²) in [5.74, 6) is -1.88. The van der Waals surface area contributed by atoms with E-state index in [-0.39, 0.29) is 21.7 Å². The molecule has 0 aliphatic carbocycles. The van der Waals surface area contributed by atoms with Crippen molar-refractivity contribution < 1.29 is 33.8 Å². The monoisotopic (exact) mass is 468 g/mol. The molecule has 0 atom stereocenters. The molecule has 0 saturated carbocycles. The van der Waals surface area contributed by atoms with Crippen LogP contribution in [0.2, 0.25) is 0 Å². The number of hydrogen-bond donors (Lipinski definition) is 1. The van der Waals surface area contributed by atoms with Crippen LogP contribution in [-0.4, -0.2) is 43.5 Å². The number of carbonyl (C=O) groups is 4. The second-order valence-corrected chi connectivity index (χ2v) is 10.8. The Kier molecular flexibility index (Phi) is 8.72. The predicted molar refractivity (Wildman–Crippen MR) is 121 cm³/mol. The zero-order chi connectivity index (χ0) is 24.1. The number of esters is 2. The fourth-order valence-corrected chi connectivity index (χ4v) is 4.80. The Hall–Kier alpha value is -2.52. The molecule has 0 aromatic carbocycles. The molecule has 7 nitrogen and oxygen atoms in total. The topological polar surface area (TPSA) is 107 Å². The number of carbonyl (C=O) groups excluding carboxylic acids is 3. The number of hydrogen-bond acceptors (Lipinski definition) is 8. The Labute approximate surface area is 190 Å². The highest BCUT2D eigenvalue weighted by Gasteiger charge is 2.27. The average molecular weight is 469 g/mol. The van der Waals surface area contributed by atoms with Crippen molar-refractivity contribution in [2.24, 2.45) is 0 Å². The Morgan fingerprint density at radius 2 is 1.26 bits per heavy atom. The molecule has 0 aliphatic heterocycles. The van der Waals surface area contributed by atoms with Crippen LogP contribution < -0.4 is 0 Å². The molecule has 2 aromatic heterocycles. The summed E-state index contributed by atoms with van der Waals surface area (Å²) in [5.41, 5.74) is 1.12. The number of carboxylic acid groups (broad SMARTS) is 1. The summed E-state index contributed by atoms with van der Waals surface area (Å²) in [6.45, 7) is 11.8.